The molecule has 0 amide bonds. The van der Waals surface area contributed by atoms with Gasteiger partial charge in [-0.05, 0) is 49.8 Å². The number of nitrogens with zero attached hydrogens (tertiary/aromatic N) is 5. The normalized spacial score (nSPS) is 9.67. The highest BCUT2D eigenvalue weighted by Gasteiger charge is 2.17. The number of benzene rings is 2. The lowest BCUT2D eigenvalue weighted by Gasteiger charge is -2.15. The van der Waals surface area contributed by atoms with Crippen LogP contribution < -0.4 is 15.4 Å². The van der Waals surface area contributed by atoms with Crippen LogP contribution in [0.4, 0.5) is 21.6 Å². The van der Waals surface area contributed by atoms with Crippen LogP contribution in [0.3, 0.4) is 0 Å². The van der Waals surface area contributed by atoms with Gasteiger partial charge in [-0.3, -0.25) is 9.67 Å². The van der Waals surface area contributed by atoms with Crippen LogP contribution in [0.2, 0.25) is 0 Å². The SMILES string of the molecule is C=Cc1c(N=C)ccc(Nc2ncnc3cc(-c4cnn(C)c4)cc(OCCNC)c23)c1F.CC.CC.CS. The number of halogens is 1. The number of nitrogens with one attached hydrogen (secondary N) is 2. The Hall–Kier alpha value is -3.76. The maximum absolute atomic E-state index is 15.1. The molecule has 2 heterocycles. The fourth-order valence-electron chi connectivity index (χ4n) is 3.50. The van der Waals surface area contributed by atoms with E-state index < -0.39 is 5.82 Å². The van der Waals surface area contributed by atoms with Gasteiger partial charge in [0.15, 0.2) is 5.82 Å². The van der Waals surface area contributed by atoms with E-state index in [1.165, 1.54) is 12.4 Å². The molecule has 0 radical (unpaired) electrons. The maximum atomic E-state index is 15.1. The number of hydrogen-bond donors (Lipinski definition) is 3. The average Bonchev–Trinajstić information content (AvgIpc) is 3.43. The first-order valence-corrected chi connectivity index (χ1v) is 13.6. The molecule has 0 unspecified atom stereocenters. The Morgan fingerprint density at radius 1 is 1.13 bits per heavy atom. The van der Waals surface area contributed by atoms with Crippen LogP contribution in [0, 0.1) is 5.82 Å². The second kappa shape index (κ2) is 17.7. The van der Waals surface area contributed by atoms with Crippen molar-refractivity contribution >= 4 is 53.5 Å². The summed E-state index contributed by atoms with van der Waals surface area (Å²) in [7, 11) is 3.71. The molecule has 0 aliphatic rings. The molecule has 4 aromatic rings. The molecule has 8 nitrogen and oxygen atoms in total. The van der Waals surface area contributed by atoms with Gasteiger partial charge in [-0.25, -0.2) is 14.4 Å². The number of hydrogen-bond acceptors (Lipinski definition) is 8. The highest BCUT2D eigenvalue weighted by Crippen LogP contribution is 2.37. The van der Waals surface area contributed by atoms with Crippen LogP contribution in [0.5, 0.6) is 5.75 Å². The summed E-state index contributed by atoms with van der Waals surface area (Å²) in [5.74, 6) is 0.509. The molecular formula is C29H40FN7OS. The number of aliphatic imine (C=N–C) groups is 1. The third-order valence-corrected chi connectivity index (χ3v) is 5.13. The lowest BCUT2D eigenvalue weighted by Crippen LogP contribution is -2.16. The van der Waals surface area contributed by atoms with Crippen molar-refractivity contribution in [3.05, 3.63) is 60.9 Å². The van der Waals surface area contributed by atoms with Gasteiger partial charge in [0.25, 0.3) is 0 Å². The highest BCUT2D eigenvalue weighted by molar-refractivity contribution is 7.79. The van der Waals surface area contributed by atoms with Crippen molar-refractivity contribution in [3.8, 4) is 16.9 Å². The van der Waals surface area contributed by atoms with Crippen LogP contribution in [0.25, 0.3) is 28.1 Å². The minimum atomic E-state index is -0.494. The van der Waals surface area contributed by atoms with E-state index in [1.807, 2.05) is 60.1 Å². The zero-order chi connectivity index (χ0) is 29.4. The van der Waals surface area contributed by atoms with Crippen molar-refractivity contribution in [3.63, 3.8) is 0 Å². The molecule has 0 bridgehead atoms. The summed E-state index contributed by atoms with van der Waals surface area (Å²) in [6, 6.07) is 7.11. The summed E-state index contributed by atoms with van der Waals surface area (Å²) in [6.07, 6.45) is 8.23. The first-order chi connectivity index (χ1) is 19.0. The van der Waals surface area contributed by atoms with Gasteiger partial charge >= 0.3 is 0 Å². The summed E-state index contributed by atoms with van der Waals surface area (Å²) < 4.78 is 22.9. The summed E-state index contributed by atoms with van der Waals surface area (Å²) in [4.78, 5) is 12.7. The number of anilines is 2. The standard InChI is InChI=1S/C24H24FN7O.2C2H6.CH4S/c1-5-17-18(27-3)6-7-19(23(17)25)31-24-22-20(28-14-29-24)10-15(16-12-30-32(4)13-16)11-21(22)33-9-8-26-2;3*1-2/h5-7,10-14,26H,1,3,8-9H2,2,4H3,(H,28,29,31);2*1-2H3;2H,1H3. The largest absolute Gasteiger partial charge is 0.491 e. The van der Waals surface area contributed by atoms with Crippen molar-refractivity contribution in [2.75, 3.05) is 31.8 Å². The summed E-state index contributed by atoms with van der Waals surface area (Å²) in [6.45, 7) is 16.3. The summed E-state index contributed by atoms with van der Waals surface area (Å²) >= 11 is 3.53. The number of thiol groups is 1. The van der Waals surface area contributed by atoms with E-state index in [2.05, 4.69) is 56.6 Å². The van der Waals surface area contributed by atoms with Gasteiger partial charge in [0.05, 0.1) is 28.5 Å². The second-order valence-corrected chi connectivity index (χ2v) is 7.29. The van der Waals surface area contributed by atoms with E-state index in [-0.39, 0.29) is 11.3 Å². The van der Waals surface area contributed by atoms with E-state index in [1.54, 1.807) is 29.3 Å². The van der Waals surface area contributed by atoms with E-state index in [9.17, 15) is 0 Å². The van der Waals surface area contributed by atoms with E-state index in [0.29, 0.717) is 41.3 Å². The molecule has 0 aliphatic heterocycles. The Balaban J connectivity index is 0.00000119. The second-order valence-electron chi connectivity index (χ2n) is 7.29. The van der Waals surface area contributed by atoms with Crippen molar-refractivity contribution in [2.45, 2.75) is 27.7 Å². The number of fused-ring (bicyclic) bond motifs is 1. The number of aromatic nitrogens is 4. The van der Waals surface area contributed by atoms with Gasteiger partial charge in [-0.2, -0.15) is 17.7 Å². The van der Waals surface area contributed by atoms with Crippen molar-refractivity contribution in [1.29, 1.82) is 0 Å². The molecule has 2 aromatic carbocycles. The Kier molecular flexibility index (Phi) is 15.1. The smallest absolute Gasteiger partial charge is 0.156 e. The monoisotopic (exact) mass is 553 g/mol. The fraction of sp³-hybridized carbons (Fsp3) is 0.310. The van der Waals surface area contributed by atoms with Gasteiger partial charge in [0, 0.05) is 30.9 Å². The quantitative estimate of drug-likeness (QED) is 0.117. The molecule has 2 N–H and O–H groups in total. The first kappa shape index (κ1) is 33.3. The molecule has 0 aliphatic carbocycles. The fourth-order valence-corrected chi connectivity index (χ4v) is 3.50. The number of aryl methyl sites for hydroxylation is 1. The molecule has 0 atom stereocenters. The van der Waals surface area contributed by atoms with Crippen LogP contribution in [-0.4, -0.2) is 52.9 Å². The average molecular weight is 554 g/mol. The number of likely N-dealkylation sites (N-methyl/N-ethyl adjacent to an activating group) is 1. The lowest BCUT2D eigenvalue weighted by atomic mass is 10.1. The van der Waals surface area contributed by atoms with Crippen molar-refractivity contribution in [1.82, 2.24) is 25.1 Å². The molecule has 2 aromatic heterocycles. The zero-order valence-corrected chi connectivity index (χ0v) is 24.8. The number of rotatable bonds is 9. The van der Waals surface area contributed by atoms with Gasteiger partial charge in [-0.1, -0.05) is 40.3 Å². The van der Waals surface area contributed by atoms with Gasteiger partial charge in [0.1, 0.15) is 24.5 Å². The molecule has 4 rings (SSSR count). The summed E-state index contributed by atoms with van der Waals surface area (Å²) in [5, 5.41) is 11.0. The maximum Gasteiger partial charge on any atom is 0.156 e. The number of ether oxygens (including phenoxy) is 1. The Bertz CT molecular complexity index is 1340. The topological polar surface area (TPSA) is 89.3 Å². The van der Waals surface area contributed by atoms with Crippen molar-refractivity contribution < 1.29 is 9.13 Å². The van der Waals surface area contributed by atoms with Crippen LogP contribution >= 0.6 is 12.6 Å². The van der Waals surface area contributed by atoms with Gasteiger partial charge in [0.2, 0.25) is 0 Å². The van der Waals surface area contributed by atoms with Crippen LogP contribution in [0.15, 0.2) is 54.6 Å². The zero-order valence-electron chi connectivity index (χ0n) is 23.9. The predicted octanol–water partition coefficient (Wildman–Crippen LogP) is 7.08. The Morgan fingerprint density at radius 2 is 1.85 bits per heavy atom. The summed E-state index contributed by atoms with van der Waals surface area (Å²) in [5.41, 5.74) is 3.40. The van der Waals surface area contributed by atoms with E-state index in [0.717, 1.165) is 11.1 Å². The first-order valence-electron chi connectivity index (χ1n) is 12.7. The molecule has 10 heteroatoms. The predicted molar refractivity (Wildman–Crippen MR) is 168 cm³/mol. The van der Waals surface area contributed by atoms with E-state index in [4.69, 9.17) is 4.74 Å². The Morgan fingerprint density at radius 3 is 2.44 bits per heavy atom. The van der Waals surface area contributed by atoms with E-state index >= 15 is 4.39 Å². The van der Waals surface area contributed by atoms with Gasteiger partial charge in [-0.15, -0.1) is 0 Å². The van der Waals surface area contributed by atoms with Gasteiger partial charge < -0.3 is 15.4 Å². The molecule has 0 saturated heterocycles. The molecule has 210 valence electrons. The third kappa shape index (κ3) is 8.36. The third-order valence-electron chi connectivity index (χ3n) is 5.13. The highest BCUT2D eigenvalue weighted by atomic mass is 32.1. The van der Waals surface area contributed by atoms with Crippen LogP contribution in [0.1, 0.15) is 33.3 Å². The minimum Gasteiger partial charge on any atom is -0.491 e. The molecule has 0 saturated carbocycles. The lowest BCUT2D eigenvalue weighted by molar-refractivity contribution is 0.322. The molecule has 0 fully saturated rings. The molecular weight excluding hydrogens is 513 g/mol. The Labute approximate surface area is 236 Å². The molecule has 0 spiro atoms. The minimum absolute atomic E-state index is 0.231. The van der Waals surface area contributed by atoms with Crippen LogP contribution in [-0.2, 0) is 7.05 Å². The molecule has 39 heavy (non-hydrogen) atoms. The van der Waals surface area contributed by atoms with Crippen molar-refractivity contribution in [2.24, 2.45) is 12.0 Å².